The van der Waals surface area contributed by atoms with Crippen LogP contribution >= 0.6 is 9.24 Å². The fourth-order valence-corrected chi connectivity index (χ4v) is 5.97. The summed E-state index contributed by atoms with van der Waals surface area (Å²) in [6.07, 6.45) is 1.07. The first kappa shape index (κ1) is 29.6. The van der Waals surface area contributed by atoms with Crippen LogP contribution in [0.2, 0.25) is 0 Å². The van der Waals surface area contributed by atoms with Crippen LogP contribution in [-0.4, -0.2) is 12.0 Å². The fraction of sp³-hybridized carbons (Fsp3) is 0.270. The number of nitriles is 1. The van der Waals surface area contributed by atoms with Gasteiger partial charge in [0.15, 0.2) is 0 Å². The van der Waals surface area contributed by atoms with Gasteiger partial charge in [-0.2, -0.15) is 5.26 Å². The van der Waals surface area contributed by atoms with Crippen LogP contribution in [0.15, 0.2) is 91.7 Å². The lowest BCUT2D eigenvalue weighted by Crippen LogP contribution is -2.28. The molecule has 4 aromatic rings. The SMILES string of the molecule is C=C(c1ccc(C#N)cc1)N1CC(C)C(=C)N(Cc2c(CCC(C)(F)P)ccc3cc(C)ccc23)c2ccc(C)cc21. The minimum Gasteiger partial charge on any atom is -0.339 e. The first-order valence-corrected chi connectivity index (χ1v) is 15.1. The zero-order valence-corrected chi connectivity index (χ0v) is 26.2. The molecule has 0 fully saturated rings. The van der Waals surface area contributed by atoms with Gasteiger partial charge in [0.2, 0.25) is 0 Å². The molecule has 1 aliphatic heterocycles. The van der Waals surface area contributed by atoms with Crippen molar-refractivity contribution in [2.45, 2.75) is 52.5 Å². The van der Waals surface area contributed by atoms with E-state index in [1.165, 1.54) is 21.9 Å². The van der Waals surface area contributed by atoms with Crippen molar-refractivity contribution in [1.82, 2.24) is 0 Å². The normalized spacial score (nSPS) is 16.5. The predicted molar refractivity (Wildman–Crippen MR) is 179 cm³/mol. The average Bonchev–Trinajstić information content (AvgIpc) is 3.05. The molecule has 0 saturated heterocycles. The molecule has 0 bridgehead atoms. The maximum atomic E-state index is 14.6. The molecule has 5 heteroatoms. The van der Waals surface area contributed by atoms with Gasteiger partial charge in [-0.15, -0.1) is 0 Å². The minimum absolute atomic E-state index is 0.134. The quantitative estimate of drug-likeness (QED) is 0.206. The lowest BCUT2D eigenvalue weighted by molar-refractivity contribution is 0.296. The zero-order chi connectivity index (χ0) is 30.2. The smallest absolute Gasteiger partial charge is 0.121 e. The summed E-state index contributed by atoms with van der Waals surface area (Å²) >= 11 is 0. The van der Waals surface area contributed by atoms with Gasteiger partial charge in [0, 0.05) is 30.4 Å². The molecule has 0 saturated carbocycles. The Balaban J connectivity index is 1.62. The molecule has 0 radical (unpaired) electrons. The average molecular weight is 576 g/mol. The number of nitrogens with zero attached hydrogens (tertiary/aromatic N) is 3. The summed E-state index contributed by atoms with van der Waals surface area (Å²) in [6.45, 7) is 18.5. The third kappa shape index (κ3) is 6.13. The van der Waals surface area contributed by atoms with Crippen molar-refractivity contribution in [3.8, 4) is 6.07 Å². The van der Waals surface area contributed by atoms with E-state index >= 15 is 0 Å². The van der Waals surface area contributed by atoms with Crippen molar-refractivity contribution in [3.05, 3.63) is 125 Å². The van der Waals surface area contributed by atoms with Crippen molar-refractivity contribution in [3.63, 3.8) is 0 Å². The van der Waals surface area contributed by atoms with Crippen LogP contribution in [0.5, 0.6) is 0 Å². The highest BCUT2D eigenvalue weighted by Gasteiger charge is 2.30. The van der Waals surface area contributed by atoms with E-state index in [-0.39, 0.29) is 5.92 Å². The van der Waals surface area contributed by atoms with Gasteiger partial charge < -0.3 is 9.80 Å². The van der Waals surface area contributed by atoms with E-state index in [0.717, 1.165) is 46.0 Å². The number of fused-ring (bicyclic) bond motifs is 2. The maximum absolute atomic E-state index is 14.6. The van der Waals surface area contributed by atoms with Crippen LogP contribution in [0, 0.1) is 31.1 Å². The van der Waals surface area contributed by atoms with Crippen molar-refractivity contribution in [2.75, 3.05) is 16.3 Å². The molecule has 3 nitrogen and oxygen atoms in total. The molecule has 1 heterocycles. The van der Waals surface area contributed by atoms with Gasteiger partial charge >= 0.3 is 0 Å². The standard InChI is InChI=1S/C37H39FN3P/c1-24-7-15-33-32(19-24)14-13-31(17-18-37(6,38)42)34(33)23-41-27(4)26(3)22-40(36-20-25(2)8-16-35(36)41)28(5)30-11-9-29(21-39)10-12-30/h7-16,19-20,26H,4-5,17-18,22-23,42H2,1-3,6H3. The lowest BCUT2D eigenvalue weighted by atomic mass is 9.93. The highest BCUT2D eigenvalue weighted by atomic mass is 31.0. The van der Waals surface area contributed by atoms with Gasteiger partial charge in [0.25, 0.3) is 0 Å². The Morgan fingerprint density at radius 3 is 2.40 bits per heavy atom. The fourth-order valence-electron chi connectivity index (χ4n) is 5.83. The molecule has 214 valence electrons. The highest BCUT2D eigenvalue weighted by Crippen LogP contribution is 2.43. The first-order valence-electron chi connectivity index (χ1n) is 14.5. The number of rotatable bonds is 7. The number of anilines is 2. The molecule has 3 atom stereocenters. The summed E-state index contributed by atoms with van der Waals surface area (Å²) in [6, 6.07) is 27.3. The van der Waals surface area contributed by atoms with Gasteiger partial charge in [0.1, 0.15) is 5.41 Å². The second-order valence-corrected chi connectivity index (χ2v) is 13.1. The summed E-state index contributed by atoms with van der Waals surface area (Å²) in [7, 11) is 2.34. The van der Waals surface area contributed by atoms with E-state index in [9.17, 15) is 9.65 Å². The number of aryl methyl sites for hydroxylation is 3. The van der Waals surface area contributed by atoms with Crippen LogP contribution in [-0.2, 0) is 13.0 Å². The first-order chi connectivity index (χ1) is 19.9. The summed E-state index contributed by atoms with van der Waals surface area (Å²) in [5.74, 6) is 0.134. The molecule has 0 N–H and O–H groups in total. The van der Waals surface area contributed by atoms with Gasteiger partial charge in [-0.3, -0.25) is 0 Å². The third-order valence-electron chi connectivity index (χ3n) is 8.34. The topological polar surface area (TPSA) is 30.3 Å². The number of hydrogen-bond donors (Lipinski definition) is 0. The number of hydrogen-bond acceptors (Lipinski definition) is 3. The summed E-state index contributed by atoms with van der Waals surface area (Å²) in [5.41, 5.74) is 10.4. The number of alkyl halides is 1. The van der Waals surface area contributed by atoms with Crippen LogP contribution in [0.4, 0.5) is 15.8 Å². The second-order valence-electron chi connectivity index (χ2n) is 11.9. The molecule has 42 heavy (non-hydrogen) atoms. The predicted octanol–water partition coefficient (Wildman–Crippen LogP) is 9.47. The Bertz CT molecular complexity index is 1710. The highest BCUT2D eigenvalue weighted by molar-refractivity contribution is 7.18. The Morgan fingerprint density at radius 1 is 1.02 bits per heavy atom. The minimum atomic E-state index is -1.32. The second kappa shape index (κ2) is 11.7. The van der Waals surface area contributed by atoms with Crippen molar-refractivity contribution < 1.29 is 4.39 Å². The lowest BCUT2D eigenvalue weighted by Gasteiger charge is -2.31. The molecule has 1 aliphatic rings. The molecule has 3 unspecified atom stereocenters. The molecule has 0 aliphatic carbocycles. The zero-order valence-electron chi connectivity index (χ0n) is 25.0. The number of benzene rings is 4. The Hall–Kier alpha value is -3.93. The van der Waals surface area contributed by atoms with E-state index in [2.05, 4.69) is 108 Å². The van der Waals surface area contributed by atoms with Crippen molar-refractivity contribution in [2.24, 2.45) is 5.92 Å². The van der Waals surface area contributed by atoms with Crippen LogP contribution in [0.25, 0.3) is 16.5 Å². The van der Waals surface area contributed by atoms with Gasteiger partial charge in [-0.25, -0.2) is 4.39 Å². The summed E-state index contributed by atoms with van der Waals surface area (Å²) in [5, 5.41) is 10.3. The summed E-state index contributed by atoms with van der Waals surface area (Å²) in [4.78, 5) is 4.63. The molecular weight excluding hydrogens is 536 g/mol. The molecule has 5 rings (SSSR count). The molecule has 0 aromatic heterocycles. The van der Waals surface area contributed by atoms with Gasteiger partial charge in [-0.05, 0) is 90.9 Å². The van der Waals surface area contributed by atoms with Crippen molar-refractivity contribution in [1.29, 1.82) is 5.26 Å². The van der Waals surface area contributed by atoms with Gasteiger partial charge in [0.05, 0.1) is 23.0 Å². The van der Waals surface area contributed by atoms with Crippen LogP contribution < -0.4 is 9.80 Å². The van der Waals surface area contributed by atoms with E-state index in [1.807, 2.05) is 24.3 Å². The molecule has 0 amide bonds. The van der Waals surface area contributed by atoms with E-state index < -0.39 is 5.41 Å². The Labute approximate surface area is 252 Å². The largest absolute Gasteiger partial charge is 0.339 e. The van der Waals surface area contributed by atoms with E-state index in [4.69, 9.17) is 0 Å². The molecule has 4 aromatic carbocycles. The molecular formula is C37H39FN3P. The monoisotopic (exact) mass is 575 g/mol. The van der Waals surface area contributed by atoms with Crippen molar-refractivity contribution >= 4 is 37.1 Å². The third-order valence-corrected chi connectivity index (χ3v) is 8.63. The molecule has 0 spiro atoms. The summed E-state index contributed by atoms with van der Waals surface area (Å²) < 4.78 is 14.6. The number of halogens is 1. The Morgan fingerprint density at radius 2 is 1.71 bits per heavy atom. The van der Waals surface area contributed by atoms with Crippen LogP contribution in [0.1, 0.15) is 53.6 Å². The maximum Gasteiger partial charge on any atom is 0.121 e. The van der Waals surface area contributed by atoms with E-state index in [0.29, 0.717) is 24.9 Å². The van der Waals surface area contributed by atoms with Gasteiger partial charge in [-0.1, -0.05) is 83.4 Å². The van der Waals surface area contributed by atoms with Crippen LogP contribution in [0.3, 0.4) is 0 Å². The Kier molecular flexibility index (Phi) is 8.27. The van der Waals surface area contributed by atoms with E-state index in [1.54, 1.807) is 6.92 Å².